The van der Waals surface area contributed by atoms with E-state index in [-0.39, 0.29) is 19.5 Å². The SMILES string of the molecule is CC(C)(C)N(NC(=O)c1ccc2c(c1)OCO2)C(=O)c1ccc2c(c1)OCO2. The van der Waals surface area contributed by atoms with Crippen LogP contribution in [0.1, 0.15) is 41.5 Å². The molecule has 1 N–H and O–H groups in total. The van der Waals surface area contributed by atoms with E-state index < -0.39 is 11.4 Å². The van der Waals surface area contributed by atoms with E-state index in [4.69, 9.17) is 18.9 Å². The summed E-state index contributed by atoms with van der Waals surface area (Å²) in [7, 11) is 0. The van der Waals surface area contributed by atoms with Crippen molar-refractivity contribution >= 4 is 11.8 Å². The number of fused-ring (bicyclic) bond motifs is 2. The van der Waals surface area contributed by atoms with Gasteiger partial charge in [0.25, 0.3) is 11.8 Å². The quantitative estimate of drug-likeness (QED) is 0.802. The standard InChI is InChI=1S/C20H20N2O6/c1-20(2,3)22(19(24)13-5-7-15-17(9-13)28-11-26-15)21-18(23)12-4-6-14-16(8-12)27-10-25-14/h4-9H,10-11H2,1-3H3,(H,21,23). The summed E-state index contributed by atoms with van der Waals surface area (Å²) in [5.74, 6) is 1.38. The number of hydrogen-bond acceptors (Lipinski definition) is 6. The minimum atomic E-state index is -0.667. The molecule has 0 bridgehead atoms. The van der Waals surface area contributed by atoms with Crippen molar-refractivity contribution in [1.29, 1.82) is 0 Å². The second kappa shape index (κ2) is 6.63. The molecule has 0 radical (unpaired) electrons. The molecule has 0 aliphatic carbocycles. The summed E-state index contributed by atoms with van der Waals surface area (Å²) in [4.78, 5) is 25.9. The van der Waals surface area contributed by atoms with Crippen molar-refractivity contribution in [2.24, 2.45) is 0 Å². The van der Waals surface area contributed by atoms with Gasteiger partial charge in [-0.25, -0.2) is 5.01 Å². The first-order valence-corrected chi connectivity index (χ1v) is 8.78. The van der Waals surface area contributed by atoms with Crippen LogP contribution in [-0.4, -0.2) is 35.9 Å². The minimum Gasteiger partial charge on any atom is -0.454 e. The van der Waals surface area contributed by atoms with Crippen molar-refractivity contribution in [3.63, 3.8) is 0 Å². The van der Waals surface area contributed by atoms with Gasteiger partial charge in [0.05, 0.1) is 5.54 Å². The Hall–Kier alpha value is -3.42. The first-order chi connectivity index (χ1) is 13.3. The maximum absolute atomic E-state index is 13.1. The van der Waals surface area contributed by atoms with Gasteiger partial charge in [-0.1, -0.05) is 0 Å². The van der Waals surface area contributed by atoms with Gasteiger partial charge in [-0.15, -0.1) is 0 Å². The molecule has 0 saturated heterocycles. The van der Waals surface area contributed by atoms with E-state index in [0.717, 1.165) is 0 Å². The smallest absolute Gasteiger partial charge is 0.272 e. The summed E-state index contributed by atoms with van der Waals surface area (Å²) in [6.45, 7) is 5.74. The van der Waals surface area contributed by atoms with E-state index in [0.29, 0.717) is 34.1 Å². The van der Waals surface area contributed by atoms with Gasteiger partial charge < -0.3 is 18.9 Å². The number of hydrazine groups is 1. The largest absolute Gasteiger partial charge is 0.454 e. The van der Waals surface area contributed by atoms with E-state index in [1.165, 1.54) is 5.01 Å². The van der Waals surface area contributed by atoms with Crippen LogP contribution in [0.4, 0.5) is 0 Å². The van der Waals surface area contributed by atoms with Crippen molar-refractivity contribution < 1.29 is 28.5 Å². The van der Waals surface area contributed by atoms with Crippen molar-refractivity contribution in [2.45, 2.75) is 26.3 Å². The van der Waals surface area contributed by atoms with Crippen LogP contribution in [0.2, 0.25) is 0 Å². The Balaban J connectivity index is 1.58. The molecule has 0 atom stereocenters. The first-order valence-electron chi connectivity index (χ1n) is 8.78. The lowest BCUT2D eigenvalue weighted by atomic mass is 10.1. The molecule has 8 nitrogen and oxygen atoms in total. The number of nitrogens with zero attached hydrogens (tertiary/aromatic N) is 1. The van der Waals surface area contributed by atoms with Crippen LogP contribution < -0.4 is 24.4 Å². The molecular weight excluding hydrogens is 364 g/mol. The predicted octanol–water partition coefficient (Wildman–Crippen LogP) is 2.73. The fraction of sp³-hybridized carbons (Fsp3) is 0.300. The first kappa shape index (κ1) is 18.0. The Labute approximate surface area is 161 Å². The second-order valence-electron chi connectivity index (χ2n) is 7.39. The molecule has 2 aliphatic rings. The normalized spacial score (nSPS) is 14.0. The minimum absolute atomic E-state index is 0.122. The van der Waals surface area contributed by atoms with Gasteiger partial charge in [-0.2, -0.15) is 0 Å². The predicted molar refractivity (Wildman–Crippen MR) is 98.5 cm³/mol. The maximum atomic E-state index is 13.1. The number of benzene rings is 2. The molecule has 2 heterocycles. The van der Waals surface area contributed by atoms with E-state index in [9.17, 15) is 9.59 Å². The zero-order valence-corrected chi connectivity index (χ0v) is 15.8. The summed E-state index contributed by atoms with van der Waals surface area (Å²) in [5.41, 5.74) is 2.78. The van der Waals surface area contributed by atoms with Gasteiger partial charge in [0.15, 0.2) is 23.0 Å². The van der Waals surface area contributed by atoms with Crippen LogP contribution in [0.5, 0.6) is 23.0 Å². The molecule has 146 valence electrons. The second-order valence-corrected chi connectivity index (χ2v) is 7.39. The van der Waals surface area contributed by atoms with Crippen LogP contribution >= 0.6 is 0 Å². The molecule has 0 unspecified atom stereocenters. The van der Waals surface area contributed by atoms with Gasteiger partial charge in [0, 0.05) is 11.1 Å². The molecule has 8 heteroatoms. The van der Waals surface area contributed by atoms with Crippen LogP contribution in [-0.2, 0) is 0 Å². The average Bonchev–Trinajstić information content (AvgIpc) is 3.31. The highest BCUT2D eigenvalue weighted by Crippen LogP contribution is 2.34. The van der Waals surface area contributed by atoms with Gasteiger partial charge in [-0.3, -0.25) is 15.0 Å². The molecule has 2 aliphatic heterocycles. The molecule has 0 fully saturated rings. The highest BCUT2D eigenvalue weighted by Gasteiger charge is 2.31. The third-order valence-corrected chi connectivity index (χ3v) is 4.34. The van der Waals surface area contributed by atoms with Gasteiger partial charge in [0.2, 0.25) is 13.6 Å². The van der Waals surface area contributed by atoms with E-state index in [2.05, 4.69) is 5.43 Å². The number of carbonyl (C=O) groups excluding carboxylic acids is 2. The zero-order chi connectivity index (χ0) is 19.9. The molecule has 2 aromatic rings. The van der Waals surface area contributed by atoms with Crippen molar-refractivity contribution in [3.8, 4) is 23.0 Å². The number of amides is 2. The Morgan fingerprint density at radius 1 is 0.821 bits per heavy atom. The molecule has 0 spiro atoms. The van der Waals surface area contributed by atoms with Crippen molar-refractivity contribution in [2.75, 3.05) is 13.6 Å². The van der Waals surface area contributed by atoms with Crippen LogP contribution in [0, 0.1) is 0 Å². The Bertz CT molecular complexity index is 950. The van der Waals surface area contributed by atoms with Crippen LogP contribution in [0.3, 0.4) is 0 Å². The summed E-state index contributed by atoms with van der Waals surface area (Å²) in [5, 5.41) is 1.30. The summed E-state index contributed by atoms with van der Waals surface area (Å²) in [6.07, 6.45) is 0. The fourth-order valence-electron chi connectivity index (χ4n) is 2.89. The molecule has 28 heavy (non-hydrogen) atoms. The number of nitrogens with one attached hydrogen (secondary N) is 1. The summed E-state index contributed by atoms with van der Waals surface area (Å²) < 4.78 is 21.2. The highest BCUT2D eigenvalue weighted by atomic mass is 16.7. The van der Waals surface area contributed by atoms with Crippen LogP contribution in [0.25, 0.3) is 0 Å². The number of hydrogen-bond donors (Lipinski definition) is 1. The molecule has 2 aromatic carbocycles. The lowest BCUT2D eigenvalue weighted by molar-refractivity contribution is 0.0358. The lowest BCUT2D eigenvalue weighted by Gasteiger charge is -2.35. The molecule has 0 aromatic heterocycles. The topological polar surface area (TPSA) is 86.3 Å². The summed E-state index contributed by atoms with van der Waals surface area (Å²) >= 11 is 0. The fourth-order valence-corrected chi connectivity index (χ4v) is 2.89. The number of carbonyl (C=O) groups is 2. The van der Waals surface area contributed by atoms with Gasteiger partial charge >= 0.3 is 0 Å². The lowest BCUT2D eigenvalue weighted by Crippen LogP contribution is -2.55. The number of ether oxygens (including phenoxy) is 4. The van der Waals surface area contributed by atoms with Crippen molar-refractivity contribution in [3.05, 3.63) is 47.5 Å². The zero-order valence-electron chi connectivity index (χ0n) is 15.8. The summed E-state index contributed by atoms with van der Waals surface area (Å²) in [6, 6.07) is 9.80. The Kier molecular flexibility index (Phi) is 4.26. The Morgan fingerprint density at radius 3 is 1.89 bits per heavy atom. The number of rotatable bonds is 2. The molecule has 4 rings (SSSR count). The van der Waals surface area contributed by atoms with Gasteiger partial charge in [-0.05, 0) is 57.2 Å². The molecule has 2 amide bonds. The highest BCUT2D eigenvalue weighted by molar-refractivity contribution is 6.00. The van der Waals surface area contributed by atoms with Gasteiger partial charge in [0.1, 0.15) is 0 Å². The molecule has 0 saturated carbocycles. The maximum Gasteiger partial charge on any atom is 0.272 e. The van der Waals surface area contributed by atoms with Crippen molar-refractivity contribution in [1.82, 2.24) is 10.4 Å². The third kappa shape index (κ3) is 3.28. The Morgan fingerprint density at radius 2 is 1.32 bits per heavy atom. The van der Waals surface area contributed by atoms with E-state index in [1.807, 2.05) is 20.8 Å². The van der Waals surface area contributed by atoms with Crippen LogP contribution in [0.15, 0.2) is 36.4 Å². The average molecular weight is 384 g/mol. The monoisotopic (exact) mass is 384 g/mol. The third-order valence-electron chi connectivity index (χ3n) is 4.34. The van der Waals surface area contributed by atoms with E-state index in [1.54, 1.807) is 36.4 Å². The molecular formula is C20H20N2O6. The van der Waals surface area contributed by atoms with E-state index >= 15 is 0 Å².